The fourth-order valence-corrected chi connectivity index (χ4v) is 4.77. The third-order valence-electron chi connectivity index (χ3n) is 4.36. The van der Waals surface area contributed by atoms with Crippen LogP contribution in [0.25, 0.3) is 11.3 Å². The zero-order valence-corrected chi connectivity index (χ0v) is 18.3. The van der Waals surface area contributed by atoms with Gasteiger partial charge < -0.3 is 4.74 Å². The van der Waals surface area contributed by atoms with Gasteiger partial charge in [-0.3, -0.25) is 4.72 Å². The molecule has 158 valence electrons. The van der Waals surface area contributed by atoms with Gasteiger partial charge >= 0.3 is 0 Å². The summed E-state index contributed by atoms with van der Waals surface area (Å²) >= 11 is 0. The van der Waals surface area contributed by atoms with Crippen molar-refractivity contribution in [2.75, 3.05) is 17.6 Å². The highest BCUT2D eigenvalue weighted by molar-refractivity contribution is 7.92. The molecule has 0 bridgehead atoms. The maximum atomic E-state index is 12.9. The second-order valence-electron chi connectivity index (χ2n) is 6.50. The molecule has 2 aromatic carbocycles. The molecule has 0 aliphatic carbocycles. The summed E-state index contributed by atoms with van der Waals surface area (Å²) in [6.45, 7) is 3.32. The van der Waals surface area contributed by atoms with Crippen molar-refractivity contribution < 1.29 is 21.6 Å². The number of aromatic nitrogens is 2. The van der Waals surface area contributed by atoms with Gasteiger partial charge in [-0.15, -0.1) is 10.2 Å². The van der Waals surface area contributed by atoms with Crippen LogP contribution in [0.4, 0.5) is 5.69 Å². The van der Waals surface area contributed by atoms with Crippen LogP contribution in [-0.4, -0.2) is 39.9 Å². The van der Waals surface area contributed by atoms with E-state index in [4.69, 9.17) is 4.74 Å². The molecule has 0 amide bonds. The van der Waals surface area contributed by atoms with E-state index in [1.807, 2.05) is 0 Å². The third kappa shape index (κ3) is 4.60. The van der Waals surface area contributed by atoms with Crippen LogP contribution in [0.5, 0.6) is 5.75 Å². The van der Waals surface area contributed by atoms with E-state index < -0.39 is 19.9 Å². The van der Waals surface area contributed by atoms with Crippen molar-refractivity contribution in [2.45, 2.75) is 23.8 Å². The van der Waals surface area contributed by atoms with Crippen molar-refractivity contribution in [1.82, 2.24) is 10.2 Å². The van der Waals surface area contributed by atoms with Gasteiger partial charge in [0.25, 0.3) is 10.0 Å². The van der Waals surface area contributed by atoms with E-state index in [1.165, 1.54) is 32.2 Å². The highest BCUT2D eigenvalue weighted by Gasteiger charge is 2.20. The molecule has 0 unspecified atom stereocenters. The molecule has 3 aromatic rings. The summed E-state index contributed by atoms with van der Waals surface area (Å²) in [5.41, 5.74) is 2.10. The highest BCUT2D eigenvalue weighted by Crippen LogP contribution is 2.28. The first-order chi connectivity index (χ1) is 14.2. The quantitative estimate of drug-likeness (QED) is 0.592. The fourth-order valence-electron chi connectivity index (χ4n) is 2.73. The first-order valence-corrected chi connectivity index (χ1v) is 12.1. The Morgan fingerprint density at radius 3 is 2.37 bits per heavy atom. The van der Waals surface area contributed by atoms with Gasteiger partial charge in [0.05, 0.1) is 18.6 Å². The number of rotatable bonds is 7. The van der Waals surface area contributed by atoms with Gasteiger partial charge in [-0.1, -0.05) is 25.1 Å². The SMILES string of the molecule is CCS(=O)(=O)c1ccc(-c2cccc(NS(=O)(=O)c3cc(C)ccc3OC)c2)nn1. The molecule has 0 atom stereocenters. The highest BCUT2D eigenvalue weighted by atomic mass is 32.2. The molecule has 0 radical (unpaired) electrons. The monoisotopic (exact) mass is 447 g/mol. The Hall–Kier alpha value is -2.98. The van der Waals surface area contributed by atoms with Gasteiger partial charge in [0.1, 0.15) is 10.6 Å². The Kier molecular flexibility index (Phi) is 6.09. The lowest BCUT2D eigenvalue weighted by Crippen LogP contribution is -2.14. The number of methoxy groups -OCH3 is 1. The molecular weight excluding hydrogens is 426 g/mol. The van der Waals surface area contributed by atoms with Crippen LogP contribution in [0, 0.1) is 6.92 Å². The zero-order valence-electron chi connectivity index (χ0n) is 16.7. The summed E-state index contributed by atoms with van der Waals surface area (Å²) < 4.78 is 57.2. The molecule has 0 spiro atoms. The van der Waals surface area contributed by atoms with Crippen LogP contribution in [0.15, 0.2) is 64.5 Å². The van der Waals surface area contributed by atoms with Gasteiger partial charge in [-0.05, 0) is 48.9 Å². The molecule has 3 rings (SSSR count). The van der Waals surface area contributed by atoms with Crippen LogP contribution < -0.4 is 9.46 Å². The van der Waals surface area contributed by atoms with Crippen molar-refractivity contribution in [1.29, 1.82) is 0 Å². The fraction of sp³-hybridized carbons (Fsp3) is 0.200. The average Bonchev–Trinajstić information content (AvgIpc) is 2.73. The second-order valence-corrected chi connectivity index (χ2v) is 10.4. The minimum absolute atomic E-state index is 0.0318. The van der Waals surface area contributed by atoms with E-state index in [9.17, 15) is 16.8 Å². The number of hydrogen-bond donors (Lipinski definition) is 1. The van der Waals surface area contributed by atoms with Crippen molar-refractivity contribution in [2.24, 2.45) is 0 Å². The summed E-state index contributed by atoms with van der Waals surface area (Å²) in [7, 11) is -5.94. The molecule has 0 saturated carbocycles. The van der Waals surface area contributed by atoms with E-state index in [0.717, 1.165) is 5.56 Å². The zero-order chi connectivity index (χ0) is 21.9. The average molecular weight is 448 g/mol. The van der Waals surface area contributed by atoms with E-state index in [0.29, 0.717) is 16.9 Å². The Balaban J connectivity index is 1.92. The maximum Gasteiger partial charge on any atom is 0.265 e. The molecule has 0 aliphatic rings. The number of nitrogens with zero attached hydrogens (tertiary/aromatic N) is 2. The number of sulfonamides is 1. The smallest absolute Gasteiger partial charge is 0.265 e. The van der Waals surface area contributed by atoms with Gasteiger partial charge in [0.2, 0.25) is 0 Å². The molecule has 1 N–H and O–H groups in total. The lowest BCUT2D eigenvalue weighted by molar-refractivity contribution is 0.402. The van der Waals surface area contributed by atoms with Gasteiger partial charge in [-0.2, -0.15) is 0 Å². The Labute approximate surface area is 175 Å². The number of hydrogen-bond acceptors (Lipinski definition) is 7. The van der Waals surface area contributed by atoms with E-state index in [1.54, 1.807) is 43.3 Å². The van der Waals surface area contributed by atoms with E-state index in [-0.39, 0.29) is 21.4 Å². The first kappa shape index (κ1) is 21.7. The topological polar surface area (TPSA) is 115 Å². The van der Waals surface area contributed by atoms with Crippen LogP contribution in [0.1, 0.15) is 12.5 Å². The third-order valence-corrected chi connectivity index (χ3v) is 7.38. The predicted octanol–water partition coefficient (Wildman–Crippen LogP) is 3.06. The van der Waals surface area contributed by atoms with E-state index >= 15 is 0 Å². The summed E-state index contributed by atoms with van der Waals surface area (Å²) in [6, 6.07) is 14.4. The number of anilines is 1. The lowest BCUT2D eigenvalue weighted by Gasteiger charge is -2.13. The largest absolute Gasteiger partial charge is 0.495 e. The molecular formula is C20H21N3O5S2. The van der Waals surface area contributed by atoms with Gasteiger partial charge in [0, 0.05) is 11.3 Å². The minimum atomic E-state index is -3.90. The standard InChI is InChI=1S/C20H21N3O5S2/c1-4-29(24,25)20-11-9-17(21-22-20)15-6-5-7-16(13-15)23-30(26,27)19-12-14(2)8-10-18(19)28-3/h5-13,23H,4H2,1-3H3. The number of benzene rings is 2. The van der Waals surface area contributed by atoms with Crippen LogP contribution in [0.2, 0.25) is 0 Å². The second kappa shape index (κ2) is 8.41. The lowest BCUT2D eigenvalue weighted by atomic mass is 10.1. The molecule has 30 heavy (non-hydrogen) atoms. The molecule has 1 aromatic heterocycles. The van der Waals surface area contributed by atoms with Crippen LogP contribution in [-0.2, 0) is 19.9 Å². The normalized spacial score (nSPS) is 11.8. The van der Waals surface area contributed by atoms with E-state index in [2.05, 4.69) is 14.9 Å². The first-order valence-electron chi connectivity index (χ1n) is 9.00. The van der Waals surface area contributed by atoms with Crippen molar-refractivity contribution >= 4 is 25.5 Å². The molecule has 1 heterocycles. The molecule has 0 aliphatic heterocycles. The Bertz CT molecular complexity index is 1270. The number of aryl methyl sites for hydroxylation is 1. The number of sulfone groups is 1. The summed E-state index contributed by atoms with van der Waals surface area (Å²) in [5.74, 6) is 0.170. The summed E-state index contributed by atoms with van der Waals surface area (Å²) in [6.07, 6.45) is 0. The van der Waals surface area contributed by atoms with Gasteiger partial charge in [0.15, 0.2) is 14.9 Å². The Morgan fingerprint density at radius 2 is 1.73 bits per heavy atom. The number of nitrogens with one attached hydrogen (secondary N) is 1. The van der Waals surface area contributed by atoms with Crippen molar-refractivity contribution in [3.63, 3.8) is 0 Å². The summed E-state index contributed by atoms with van der Waals surface area (Å²) in [4.78, 5) is 0.0318. The maximum absolute atomic E-state index is 12.9. The van der Waals surface area contributed by atoms with Crippen molar-refractivity contribution in [3.05, 3.63) is 60.2 Å². The molecule has 8 nitrogen and oxygen atoms in total. The summed E-state index contributed by atoms with van der Waals surface area (Å²) in [5, 5.41) is 7.66. The number of ether oxygens (including phenoxy) is 1. The van der Waals surface area contributed by atoms with Gasteiger partial charge in [-0.25, -0.2) is 16.8 Å². The molecule has 0 fully saturated rings. The molecule has 0 saturated heterocycles. The van der Waals surface area contributed by atoms with Crippen LogP contribution >= 0.6 is 0 Å². The predicted molar refractivity (Wildman–Crippen MR) is 114 cm³/mol. The van der Waals surface area contributed by atoms with Crippen molar-refractivity contribution in [3.8, 4) is 17.0 Å². The minimum Gasteiger partial charge on any atom is -0.495 e. The van der Waals surface area contributed by atoms with Crippen LogP contribution in [0.3, 0.4) is 0 Å². The molecule has 10 heteroatoms. The Morgan fingerprint density at radius 1 is 0.967 bits per heavy atom.